The minimum absolute atomic E-state index is 0.663. The van der Waals surface area contributed by atoms with E-state index in [4.69, 9.17) is 14.4 Å². The molecule has 4 nitrogen and oxygen atoms in total. The number of benzene rings is 7. The quantitative estimate of drug-likeness (QED) is 0.188. The first-order chi connectivity index (χ1) is 24.8. The molecule has 0 N–H and O–H groups in total. The van der Waals surface area contributed by atoms with E-state index in [1.54, 1.807) is 0 Å². The molecule has 234 valence electrons. The van der Waals surface area contributed by atoms with Gasteiger partial charge in [0.15, 0.2) is 5.82 Å². The molecule has 0 saturated carbocycles. The Morgan fingerprint density at radius 3 is 1.66 bits per heavy atom. The van der Waals surface area contributed by atoms with Gasteiger partial charge in [-0.05, 0) is 42.0 Å². The second-order valence-electron chi connectivity index (χ2n) is 12.6. The highest BCUT2D eigenvalue weighted by Crippen LogP contribution is 2.40. The highest BCUT2D eigenvalue weighted by atomic mass is 16.3. The molecule has 3 aromatic heterocycles. The van der Waals surface area contributed by atoms with Gasteiger partial charge in [0.25, 0.3) is 0 Å². The van der Waals surface area contributed by atoms with E-state index in [9.17, 15) is 0 Å². The molecule has 0 unspecified atom stereocenters. The number of hydrogen-bond donors (Lipinski definition) is 0. The van der Waals surface area contributed by atoms with Crippen LogP contribution in [-0.2, 0) is 0 Å². The molecule has 0 saturated heterocycles. The predicted molar refractivity (Wildman–Crippen MR) is 205 cm³/mol. The zero-order valence-corrected chi connectivity index (χ0v) is 27.0. The fourth-order valence-corrected chi connectivity index (χ4v) is 7.33. The number of furan rings is 1. The first-order valence-corrected chi connectivity index (χ1v) is 16.8. The summed E-state index contributed by atoms with van der Waals surface area (Å²) in [6, 6.07) is 61.2. The van der Waals surface area contributed by atoms with Crippen LogP contribution in [0.25, 0.3) is 94.5 Å². The summed E-state index contributed by atoms with van der Waals surface area (Å²) in [5, 5.41) is 4.70. The van der Waals surface area contributed by atoms with E-state index in [2.05, 4.69) is 150 Å². The number of aromatic nitrogens is 3. The van der Waals surface area contributed by atoms with Gasteiger partial charge in [-0.1, -0.05) is 140 Å². The number of para-hydroxylation sites is 4. The van der Waals surface area contributed by atoms with Crippen molar-refractivity contribution in [2.24, 2.45) is 0 Å². The van der Waals surface area contributed by atoms with Gasteiger partial charge in [0.05, 0.1) is 22.4 Å². The monoisotopic (exact) mass is 639 g/mol. The van der Waals surface area contributed by atoms with Crippen LogP contribution in [0.15, 0.2) is 180 Å². The van der Waals surface area contributed by atoms with Crippen molar-refractivity contribution in [2.75, 3.05) is 0 Å². The van der Waals surface area contributed by atoms with Crippen molar-refractivity contribution in [2.45, 2.75) is 0 Å². The second-order valence-corrected chi connectivity index (χ2v) is 12.6. The van der Waals surface area contributed by atoms with E-state index < -0.39 is 0 Å². The van der Waals surface area contributed by atoms with Crippen LogP contribution in [0.3, 0.4) is 0 Å². The fraction of sp³-hybridized carbons (Fsp3) is 0. The molecule has 0 aliphatic heterocycles. The Morgan fingerprint density at radius 1 is 0.400 bits per heavy atom. The van der Waals surface area contributed by atoms with Crippen molar-refractivity contribution in [3.05, 3.63) is 176 Å². The molecule has 0 amide bonds. The van der Waals surface area contributed by atoms with Crippen LogP contribution >= 0.6 is 0 Å². The number of hydrogen-bond acceptors (Lipinski definition) is 3. The Labute approximate surface area is 288 Å². The molecule has 0 atom stereocenters. The summed E-state index contributed by atoms with van der Waals surface area (Å²) in [7, 11) is 0. The Kier molecular flexibility index (Phi) is 6.46. The first-order valence-electron chi connectivity index (χ1n) is 16.8. The van der Waals surface area contributed by atoms with Gasteiger partial charge in [0.2, 0.25) is 0 Å². The first kappa shape index (κ1) is 28.3. The molecule has 0 fully saturated rings. The molecular formula is C46H29N3O. The van der Waals surface area contributed by atoms with Crippen LogP contribution in [0.5, 0.6) is 0 Å². The van der Waals surface area contributed by atoms with Crippen molar-refractivity contribution >= 4 is 43.7 Å². The standard InChI is InChI=1S/C46H29N3O/c1-2-13-30(14-3-1)40-29-41(31-25-27-32(28-26-31)49-42-22-9-6-16-34(42)35-17-7-10-23-43(35)49)48-46(47-40)39-19-5-4-15-33(39)37-20-12-21-38-36-18-8-11-24-44(36)50-45(37)38/h1-29H. The van der Waals surface area contributed by atoms with Gasteiger partial charge in [0.1, 0.15) is 11.2 Å². The van der Waals surface area contributed by atoms with E-state index >= 15 is 0 Å². The lowest BCUT2D eigenvalue weighted by Crippen LogP contribution is -1.98. The minimum Gasteiger partial charge on any atom is -0.455 e. The summed E-state index contributed by atoms with van der Waals surface area (Å²) in [5.74, 6) is 0.663. The lowest BCUT2D eigenvalue weighted by Gasteiger charge is -2.13. The molecule has 0 bridgehead atoms. The van der Waals surface area contributed by atoms with Crippen LogP contribution in [0.1, 0.15) is 0 Å². The Balaban J connectivity index is 1.14. The summed E-state index contributed by atoms with van der Waals surface area (Å²) >= 11 is 0. The van der Waals surface area contributed by atoms with E-state index in [1.165, 1.54) is 21.8 Å². The average Bonchev–Trinajstić information content (AvgIpc) is 3.74. The molecule has 4 heteroatoms. The maximum Gasteiger partial charge on any atom is 0.161 e. The maximum absolute atomic E-state index is 6.47. The van der Waals surface area contributed by atoms with Gasteiger partial charge in [-0.15, -0.1) is 0 Å². The molecule has 10 rings (SSSR count). The van der Waals surface area contributed by atoms with Gasteiger partial charge in [-0.3, -0.25) is 0 Å². The van der Waals surface area contributed by atoms with Crippen LogP contribution in [0.4, 0.5) is 0 Å². The molecule has 10 aromatic rings. The third-order valence-electron chi connectivity index (χ3n) is 9.66. The molecule has 7 aromatic carbocycles. The second kappa shape index (κ2) is 11.4. The highest BCUT2D eigenvalue weighted by molar-refractivity contribution is 6.11. The molecule has 3 heterocycles. The molecule has 0 radical (unpaired) electrons. The molecule has 0 aliphatic rings. The van der Waals surface area contributed by atoms with Crippen molar-refractivity contribution in [1.82, 2.24) is 14.5 Å². The molecule has 0 aliphatic carbocycles. The van der Waals surface area contributed by atoms with Crippen LogP contribution < -0.4 is 0 Å². The average molecular weight is 640 g/mol. The predicted octanol–water partition coefficient (Wildman–Crippen LogP) is 12.1. The van der Waals surface area contributed by atoms with Crippen LogP contribution in [-0.4, -0.2) is 14.5 Å². The lowest BCUT2D eigenvalue weighted by atomic mass is 9.96. The largest absolute Gasteiger partial charge is 0.455 e. The highest BCUT2D eigenvalue weighted by Gasteiger charge is 2.18. The SMILES string of the molecule is c1ccc(-c2cc(-c3ccc(-n4c5ccccc5c5ccccc54)cc3)nc(-c3ccccc3-c3cccc4c3oc3ccccc34)n2)cc1. The van der Waals surface area contributed by atoms with Gasteiger partial charge in [0, 0.05) is 49.5 Å². The zero-order valence-electron chi connectivity index (χ0n) is 27.0. The normalized spacial score (nSPS) is 11.6. The Morgan fingerprint density at radius 2 is 0.940 bits per heavy atom. The number of fused-ring (bicyclic) bond motifs is 6. The Bertz CT molecular complexity index is 2810. The zero-order chi connectivity index (χ0) is 33.0. The smallest absolute Gasteiger partial charge is 0.161 e. The van der Waals surface area contributed by atoms with Gasteiger partial charge < -0.3 is 8.98 Å². The van der Waals surface area contributed by atoms with E-state index in [0.29, 0.717) is 5.82 Å². The minimum atomic E-state index is 0.663. The van der Waals surface area contributed by atoms with E-state index in [0.717, 1.165) is 66.8 Å². The fourth-order valence-electron chi connectivity index (χ4n) is 7.33. The van der Waals surface area contributed by atoms with Gasteiger partial charge in [-0.25, -0.2) is 9.97 Å². The number of nitrogens with zero attached hydrogens (tertiary/aromatic N) is 3. The summed E-state index contributed by atoms with van der Waals surface area (Å²) in [6.07, 6.45) is 0. The van der Waals surface area contributed by atoms with Crippen molar-refractivity contribution in [3.63, 3.8) is 0 Å². The summed E-state index contributed by atoms with van der Waals surface area (Å²) in [5.41, 5.74) is 12.0. The van der Waals surface area contributed by atoms with Crippen molar-refractivity contribution < 1.29 is 4.42 Å². The van der Waals surface area contributed by atoms with Crippen molar-refractivity contribution in [3.8, 4) is 50.7 Å². The number of rotatable bonds is 5. The maximum atomic E-state index is 6.47. The molecule has 0 spiro atoms. The van der Waals surface area contributed by atoms with Gasteiger partial charge in [-0.2, -0.15) is 0 Å². The van der Waals surface area contributed by atoms with Gasteiger partial charge >= 0.3 is 0 Å². The summed E-state index contributed by atoms with van der Waals surface area (Å²) < 4.78 is 8.80. The van der Waals surface area contributed by atoms with Crippen LogP contribution in [0.2, 0.25) is 0 Å². The molecular weight excluding hydrogens is 611 g/mol. The van der Waals surface area contributed by atoms with Crippen LogP contribution in [0, 0.1) is 0 Å². The lowest BCUT2D eigenvalue weighted by molar-refractivity contribution is 0.670. The van der Waals surface area contributed by atoms with Crippen molar-refractivity contribution in [1.29, 1.82) is 0 Å². The Hall–Kier alpha value is -6.78. The summed E-state index contributed by atoms with van der Waals surface area (Å²) in [4.78, 5) is 10.4. The summed E-state index contributed by atoms with van der Waals surface area (Å²) in [6.45, 7) is 0. The van der Waals surface area contributed by atoms with E-state index in [-0.39, 0.29) is 0 Å². The topological polar surface area (TPSA) is 43.9 Å². The molecule has 50 heavy (non-hydrogen) atoms. The third-order valence-corrected chi connectivity index (χ3v) is 9.66. The van der Waals surface area contributed by atoms with E-state index in [1.807, 2.05) is 30.3 Å². The third kappa shape index (κ3) is 4.54.